The van der Waals surface area contributed by atoms with Gasteiger partial charge in [-0.25, -0.2) is 4.98 Å². The minimum Gasteiger partial charge on any atom is -0.225 e. The van der Waals surface area contributed by atoms with Gasteiger partial charge in [-0.2, -0.15) is 18.4 Å². The number of hydrogen-bond donors (Lipinski definition) is 0. The van der Waals surface area contributed by atoms with Gasteiger partial charge in [0.2, 0.25) is 0 Å². The summed E-state index contributed by atoms with van der Waals surface area (Å²) in [7, 11) is 0. The molecule has 0 radical (unpaired) electrons. The van der Waals surface area contributed by atoms with E-state index < -0.39 is 16.9 Å². The highest BCUT2D eigenvalue weighted by atomic mass is 35.5. The lowest BCUT2D eigenvalue weighted by atomic mass is 10.2. The quantitative estimate of drug-likeness (QED) is 0.612. The van der Waals surface area contributed by atoms with Gasteiger partial charge in [-0.05, 0) is 12.1 Å². The fraction of sp³-hybridized carbons (Fsp3) is 0.143. The number of pyridine rings is 1. The Bertz CT molecular complexity index is 367. The van der Waals surface area contributed by atoms with Crippen molar-refractivity contribution < 1.29 is 13.2 Å². The first kappa shape index (κ1) is 9.81. The molecule has 0 saturated carbocycles. The second-order valence-electron chi connectivity index (χ2n) is 2.14. The molecule has 0 fully saturated rings. The molecule has 0 aliphatic rings. The Kier molecular flexibility index (Phi) is 2.43. The van der Waals surface area contributed by atoms with E-state index in [9.17, 15) is 13.2 Å². The number of halogens is 4. The summed E-state index contributed by atoms with van der Waals surface area (Å²) in [5.41, 5.74) is -1.17. The van der Waals surface area contributed by atoms with Gasteiger partial charge in [0.25, 0.3) is 0 Å². The lowest BCUT2D eigenvalue weighted by molar-refractivity contribution is -0.137. The summed E-state index contributed by atoms with van der Waals surface area (Å²) >= 11 is 5.21. The smallest absolute Gasteiger partial charge is 0.225 e. The van der Waals surface area contributed by atoms with Crippen LogP contribution >= 0.6 is 11.6 Å². The molecule has 0 amide bonds. The summed E-state index contributed by atoms with van der Waals surface area (Å²) in [4.78, 5) is 3.24. The summed E-state index contributed by atoms with van der Waals surface area (Å²) in [6, 6.07) is 3.28. The van der Waals surface area contributed by atoms with Gasteiger partial charge in [-0.3, -0.25) is 0 Å². The van der Waals surface area contributed by atoms with Gasteiger partial charge < -0.3 is 0 Å². The molecule has 13 heavy (non-hydrogen) atoms. The Morgan fingerprint density at radius 3 is 2.38 bits per heavy atom. The van der Waals surface area contributed by atoms with Gasteiger partial charge in [-0.15, -0.1) is 0 Å². The average Bonchev–Trinajstić information content (AvgIpc) is 2.01. The first-order valence-electron chi connectivity index (χ1n) is 3.09. The lowest BCUT2D eigenvalue weighted by Gasteiger charge is -2.06. The van der Waals surface area contributed by atoms with Crippen molar-refractivity contribution in [3.63, 3.8) is 0 Å². The van der Waals surface area contributed by atoms with E-state index in [-0.39, 0.29) is 5.69 Å². The van der Waals surface area contributed by atoms with E-state index in [1.165, 1.54) is 0 Å². The van der Waals surface area contributed by atoms with Gasteiger partial charge in [-0.1, -0.05) is 11.6 Å². The van der Waals surface area contributed by atoms with E-state index in [1.807, 2.05) is 0 Å². The molecule has 0 aliphatic heterocycles. The zero-order valence-electron chi connectivity index (χ0n) is 6.06. The maximum absolute atomic E-state index is 12.1. The zero-order chi connectivity index (χ0) is 10.1. The van der Waals surface area contributed by atoms with Crippen molar-refractivity contribution in [2.75, 3.05) is 0 Å². The summed E-state index contributed by atoms with van der Waals surface area (Å²) in [5.74, 6) is 0. The molecule has 1 aromatic rings. The standard InChI is InChI=1S/C7H2ClF3N2/c8-6-5(7(9,10)11)2-1-4(3-12)13-6/h1-2H. The number of nitriles is 1. The number of nitrogens with zero attached hydrogens (tertiary/aromatic N) is 2. The van der Waals surface area contributed by atoms with Crippen molar-refractivity contribution in [2.24, 2.45) is 0 Å². The van der Waals surface area contributed by atoms with Gasteiger partial charge in [0, 0.05) is 0 Å². The molecule has 0 atom stereocenters. The fourth-order valence-corrected chi connectivity index (χ4v) is 0.969. The summed E-state index contributed by atoms with van der Waals surface area (Å²) in [5, 5.41) is 7.60. The molecule has 1 heterocycles. The molecule has 1 aromatic heterocycles. The summed E-state index contributed by atoms with van der Waals surface area (Å²) < 4.78 is 36.2. The third-order valence-electron chi connectivity index (χ3n) is 1.27. The second-order valence-corrected chi connectivity index (χ2v) is 2.50. The Morgan fingerprint density at radius 2 is 2.00 bits per heavy atom. The second kappa shape index (κ2) is 3.23. The topological polar surface area (TPSA) is 36.7 Å². The molecule has 0 spiro atoms. The van der Waals surface area contributed by atoms with Gasteiger partial charge >= 0.3 is 6.18 Å². The van der Waals surface area contributed by atoms with Crippen molar-refractivity contribution in [3.8, 4) is 6.07 Å². The van der Waals surface area contributed by atoms with Crippen molar-refractivity contribution >= 4 is 11.6 Å². The number of aromatic nitrogens is 1. The highest BCUT2D eigenvalue weighted by molar-refractivity contribution is 6.30. The number of hydrogen-bond acceptors (Lipinski definition) is 2. The minimum atomic E-state index is -4.53. The van der Waals surface area contributed by atoms with Crippen LogP contribution in [0.2, 0.25) is 5.15 Å². The Hall–Kier alpha value is -1.28. The van der Waals surface area contributed by atoms with Crippen LogP contribution in [-0.2, 0) is 6.18 Å². The van der Waals surface area contributed by atoms with E-state index in [0.29, 0.717) is 0 Å². The van der Waals surface area contributed by atoms with E-state index in [0.717, 1.165) is 12.1 Å². The van der Waals surface area contributed by atoms with Crippen molar-refractivity contribution in [1.29, 1.82) is 5.26 Å². The number of rotatable bonds is 0. The Balaban J connectivity index is 3.23. The molecule has 68 valence electrons. The SMILES string of the molecule is N#Cc1ccc(C(F)(F)F)c(Cl)n1. The van der Waals surface area contributed by atoms with Crippen molar-refractivity contribution in [3.05, 3.63) is 28.5 Å². The molecule has 0 N–H and O–H groups in total. The predicted octanol–water partition coefficient (Wildman–Crippen LogP) is 2.63. The largest absolute Gasteiger partial charge is 0.419 e. The first-order valence-corrected chi connectivity index (χ1v) is 3.47. The van der Waals surface area contributed by atoms with Crippen LogP contribution in [0.15, 0.2) is 12.1 Å². The van der Waals surface area contributed by atoms with Gasteiger partial charge in [0.1, 0.15) is 16.9 Å². The van der Waals surface area contributed by atoms with Gasteiger partial charge in [0.15, 0.2) is 0 Å². The van der Waals surface area contributed by atoms with Crippen LogP contribution in [0.4, 0.5) is 13.2 Å². The van der Waals surface area contributed by atoms with Crippen molar-refractivity contribution in [2.45, 2.75) is 6.18 Å². The van der Waals surface area contributed by atoms with Crippen LogP contribution in [0, 0.1) is 11.3 Å². The average molecular weight is 207 g/mol. The third kappa shape index (κ3) is 2.10. The zero-order valence-corrected chi connectivity index (χ0v) is 6.82. The molecule has 0 aliphatic carbocycles. The molecule has 0 bridgehead atoms. The Morgan fingerprint density at radius 1 is 1.38 bits per heavy atom. The van der Waals surface area contributed by atoms with E-state index >= 15 is 0 Å². The monoisotopic (exact) mass is 206 g/mol. The molecule has 0 aromatic carbocycles. The van der Waals surface area contributed by atoms with Crippen LogP contribution in [0.1, 0.15) is 11.3 Å². The highest BCUT2D eigenvalue weighted by Gasteiger charge is 2.33. The van der Waals surface area contributed by atoms with Crippen LogP contribution < -0.4 is 0 Å². The Labute approximate surface area is 76.6 Å². The van der Waals surface area contributed by atoms with Crippen LogP contribution in [0.25, 0.3) is 0 Å². The van der Waals surface area contributed by atoms with Crippen LogP contribution in [-0.4, -0.2) is 4.98 Å². The van der Waals surface area contributed by atoms with E-state index in [2.05, 4.69) is 4.98 Å². The molecule has 6 heteroatoms. The molecular formula is C7H2ClF3N2. The predicted molar refractivity (Wildman–Crippen MR) is 39.0 cm³/mol. The third-order valence-corrected chi connectivity index (χ3v) is 1.56. The minimum absolute atomic E-state index is 0.141. The molecule has 2 nitrogen and oxygen atoms in total. The molecular weight excluding hydrogens is 205 g/mol. The normalized spacial score (nSPS) is 11.0. The maximum atomic E-state index is 12.1. The molecule has 0 unspecified atom stereocenters. The summed E-state index contributed by atoms with van der Waals surface area (Å²) in [6.45, 7) is 0. The van der Waals surface area contributed by atoms with Gasteiger partial charge in [0.05, 0.1) is 5.56 Å². The highest BCUT2D eigenvalue weighted by Crippen LogP contribution is 2.33. The van der Waals surface area contributed by atoms with Crippen LogP contribution in [0.3, 0.4) is 0 Å². The van der Waals surface area contributed by atoms with Crippen LogP contribution in [0.5, 0.6) is 0 Å². The fourth-order valence-electron chi connectivity index (χ4n) is 0.708. The van der Waals surface area contributed by atoms with E-state index in [4.69, 9.17) is 16.9 Å². The van der Waals surface area contributed by atoms with E-state index in [1.54, 1.807) is 6.07 Å². The molecule has 1 rings (SSSR count). The molecule has 0 saturated heterocycles. The number of alkyl halides is 3. The first-order chi connectivity index (χ1) is 5.95. The van der Waals surface area contributed by atoms with Crippen molar-refractivity contribution in [1.82, 2.24) is 4.98 Å². The lowest BCUT2D eigenvalue weighted by Crippen LogP contribution is -2.07. The summed E-state index contributed by atoms with van der Waals surface area (Å²) in [6.07, 6.45) is -4.53. The maximum Gasteiger partial charge on any atom is 0.419 e.